The molecule has 13 heteroatoms. The van der Waals surface area contributed by atoms with E-state index in [4.69, 9.17) is 19.2 Å². The molecule has 0 radical (unpaired) electrons. The maximum absolute atomic E-state index is 14.4. The van der Waals surface area contributed by atoms with Crippen LogP contribution in [0.25, 0.3) is 10.9 Å². The molecule has 1 heterocycles. The molecule has 1 aromatic heterocycles. The molecule has 60 heavy (non-hydrogen) atoms. The van der Waals surface area contributed by atoms with Crippen molar-refractivity contribution in [3.63, 3.8) is 0 Å². The predicted octanol–water partition coefficient (Wildman–Crippen LogP) is 8.09. The number of hydrogen-bond donors (Lipinski definition) is 2. The number of rotatable bonds is 27. The average molecular weight is 845 g/mol. The number of hydrogen-bond acceptors (Lipinski definition) is 11. The van der Waals surface area contributed by atoms with Crippen LogP contribution >= 0.6 is 0 Å². The number of fused-ring (bicyclic) bond motifs is 1. The van der Waals surface area contributed by atoms with Crippen LogP contribution in [0.2, 0.25) is 0 Å². The Morgan fingerprint density at radius 2 is 1.45 bits per heavy atom. The average Bonchev–Trinajstić information content (AvgIpc) is 3.19. The Labute approximate surface area is 361 Å². The van der Waals surface area contributed by atoms with Gasteiger partial charge < -0.3 is 34.2 Å². The molecule has 0 spiro atoms. The summed E-state index contributed by atoms with van der Waals surface area (Å²) in [6.45, 7) is 21.8. The number of para-hydroxylation sites is 1. The normalized spacial score (nSPS) is 16.7. The van der Waals surface area contributed by atoms with E-state index in [1.54, 1.807) is 20.8 Å². The number of carbonyl (C=O) groups is 4. The highest BCUT2D eigenvalue weighted by molar-refractivity contribution is 5.84. The minimum atomic E-state index is -1.17. The Morgan fingerprint density at radius 1 is 0.817 bits per heavy atom. The molecule has 0 unspecified atom stereocenters. The molecule has 2 rings (SSSR count). The van der Waals surface area contributed by atoms with Crippen molar-refractivity contribution < 1.29 is 43.6 Å². The van der Waals surface area contributed by atoms with Crippen molar-refractivity contribution in [1.29, 1.82) is 0 Å². The molecule has 0 saturated carbocycles. The molecular formula is C47H80N4O9. The number of carboxylic acid groups (broad SMARTS) is 1. The predicted molar refractivity (Wildman–Crippen MR) is 239 cm³/mol. The second kappa shape index (κ2) is 28.2. The van der Waals surface area contributed by atoms with Crippen LogP contribution in [0.3, 0.4) is 0 Å². The lowest BCUT2D eigenvalue weighted by Crippen LogP contribution is -2.50. The number of Topliss-reactive ketones (excluding diaryl/α,β-unsaturated/α-hetero) is 2. The molecule has 2 N–H and O–H groups in total. The van der Waals surface area contributed by atoms with Gasteiger partial charge in [-0.2, -0.15) is 0 Å². The van der Waals surface area contributed by atoms with Gasteiger partial charge in [-0.25, -0.2) is 4.79 Å². The van der Waals surface area contributed by atoms with Crippen molar-refractivity contribution in [1.82, 2.24) is 19.7 Å². The van der Waals surface area contributed by atoms with Crippen molar-refractivity contribution >= 4 is 34.5 Å². The largest absolute Gasteiger partial charge is 0.465 e. The van der Waals surface area contributed by atoms with E-state index < -0.39 is 60.5 Å². The molecule has 1 aromatic carbocycles. The number of aliphatic hydroxyl groups excluding tert-OH is 1. The topological polar surface area (TPSA) is 159 Å². The Bertz CT molecular complexity index is 1570. The van der Waals surface area contributed by atoms with E-state index in [1.807, 2.05) is 102 Å². The molecule has 0 aliphatic carbocycles. The zero-order chi connectivity index (χ0) is 45.7. The summed E-state index contributed by atoms with van der Waals surface area (Å²) in [6, 6.07) is 11.1. The lowest BCUT2D eigenvalue weighted by atomic mass is 9.79. The standard InChI is InChI=1S/C44H72N4O9.C3H8/c1-13-37(56-34(9)50)26-39(48(44(53)54)24-23-47(12)27-36-20-19-35-17-15-16-18-38(35)45-36)31(6)41(52)28(3)25-29(4)42(32(7)40(51)14-2)57-43(33(8)49)55-30(5)21-22-46(10)11;1-3-2/h15-20,28-33,37,39,42-43,49H,13-14,21-27H2,1-12H3,(H,53,54);3H2,1-2H3/t28-,29+,30-,31-,32+,33-,37-,39+,42+,43+;/m1./s1. The number of likely N-dealkylation sites (N-methyl/N-ethyl adjacent to an activating group) is 1. The smallest absolute Gasteiger partial charge is 0.407 e. The summed E-state index contributed by atoms with van der Waals surface area (Å²) in [5, 5.41) is 22.3. The Balaban J connectivity index is 0.00000581. The van der Waals surface area contributed by atoms with Crippen molar-refractivity contribution in [3.05, 3.63) is 42.1 Å². The van der Waals surface area contributed by atoms with Crippen molar-refractivity contribution in [2.45, 2.75) is 158 Å². The van der Waals surface area contributed by atoms with Gasteiger partial charge in [0.25, 0.3) is 0 Å². The third-order valence-corrected chi connectivity index (χ3v) is 10.9. The van der Waals surface area contributed by atoms with Crippen molar-refractivity contribution in [2.24, 2.45) is 23.7 Å². The number of ketones is 2. The van der Waals surface area contributed by atoms with Gasteiger partial charge in [0, 0.05) is 68.6 Å². The quantitative estimate of drug-likeness (QED) is 0.0659. The summed E-state index contributed by atoms with van der Waals surface area (Å²) in [7, 11) is 5.85. The van der Waals surface area contributed by atoms with Gasteiger partial charge >= 0.3 is 12.1 Å². The Morgan fingerprint density at radius 3 is 2.00 bits per heavy atom. The number of ether oxygens (including phenoxy) is 3. The van der Waals surface area contributed by atoms with Crippen molar-refractivity contribution in [3.8, 4) is 0 Å². The number of carbonyl (C=O) groups excluding carboxylic acids is 3. The molecule has 1 amide bonds. The number of esters is 1. The van der Waals surface area contributed by atoms with Crippen LogP contribution in [0.4, 0.5) is 4.79 Å². The second-order valence-corrected chi connectivity index (χ2v) is 17.0. The highest BCUT2D eigenvalue weighted by atomic mass is 16.7. The fourth-order valence-corrected chi connectivity index (χ4v) is 7.48. The molecule has 0 aliphatic heterocycles. The van der Waals surface area contributed by atoms with Crippen molar-refractivity contribution in [2.75, 3.05) is 40.8 Å². The number of amides is 1. The van der Waals surface area contributed by atoms with E-state index >= 15 is 0 Å². The minimum Gasteiger partial charge on any atom is -0.465 e. The second-order valence-electron chi connectivity index (χ2n) is 17.0. The number of pyridine rings is 1. The van der Waals surface area contributed by atoms with E-state index in [2.05, 4.69) is 13.8 Å². The lowest BCUT2D eigenvalue weighted by Gasteiger charge is -2.38. The van der Waals surface area contributed by atoms with Crippen LogP contribution in [-0.2, 0) is 35.1 Å². The zero-order valence-corrected chi connectivity index (χ0v) is 39.3. The van der Waals surface area contributed by atoms with Crippen LogP contribution in [0.15, 0.2) is 36.4 Å². The Kier molecular flexibility index (Phi) is 25.6. The van der Waals surface area contributed by atoms with E-state index in [1.165, 1.54) is 18.2 Å². The molecule has 0 bridgehead atoms. The molecule has 13 nitrogen and oxygen atoms in total. The van der Waals surface area contributed by atoms with Crippen LogP contribution < -0.4 is 0 Å². The number of benzene rings is 1. The third-order valence-electron chi connectivity index (χ3n) is 10.9. The van der Waals surface area contributed by atoms with Gasteiger partial charge in [0.1, 0.15) is 23.8 Å². The van der Waals surface area contributed by atoms with Gasteiger partial charge in [-0.3, -0.25) is 24.3 Å². The lowest BCUT2D eigenvalue weighted by molar-refractivity contribution is -0.244. The number of aromatic nitrogens is 1. The molecule has 2 aromatic rings. The van der Waals surface area contributed by atoms with E-state index in [0.717, 1.165) is 29.6 Å². The highest BCUT2D eigenvalue weighted by Crippen LogP contribution is 2.31. The summed E-state index contributed by atoms with van der Waals surface area (Å²) >= 11 is 0. The summed E-state index contributed by atoms with van der Waals surface area (Å²) in [4.78, 5) is 62.6. The van der Waals surface area contributed by atoms with Crippen LogP contribution in [0.1, 0.15) is 120 Å². The first-order valence-electron chi connectivity index (χ1n) is 22.1. The summed E-state index contributed by atoms with van der Waals surface area (Å²) in [6.07, 6.45) is -1.36. The highest BCUT2D eigenvalue weighted by Gasteiger charge is 2.39. The maximum atomic E-state index is 14.4. The van der Waals surface area contributed by atoms with Crippen LogP contribution in [0, 0.1) is 23.7 Å². The fourth-order valence-electron chi connectivity index (χ4n) is 7.48. The zero-order valence-electron chi connectivity index (χ0n) is 39.3. The Hall–Kier alpha value is -3.49. The number of aliphatic hydroxyl groups is 1. The molecule has 10 atom stereocenters. The number of nitrogens with zero attached hydrogens (tertiary/aromatic N) is 4. The van der Waals surface area contributed by atoms with Gasteiger partial charge in [-0.1, -0.05) is 86.1 Å². The summed E-state index contributed by atoms with van der Waals surface area (Å²) in [5.41, 5.74) is 1.73. The van der Waals surface area contributed by atoms with Gasteiger partial charge in [-0.05, 0) is 78.8 Å². The van der Waals surface area contributed by atoms with Gasteiger partial charge in [0.05, 0.1) is 23.4 Å². The van der Waals surface area contributed by atoms with E-state index in [9.17, 15) is 29.4 Å². The molecule has 0 aliphatic rings. The first kappa shape index (κ1) is 54.5. The molecule has 0 fully saturated rings. The summed E-state index contributed by atoms with van der Waals surface area (Å²) < 4.78 is 18.2. The first-order valence-corrected chi connectivity index (χ1v) is 22.1. The third kappa shape index (κ3) is 19.1. The van der Waals surface area contributed by atoms with E-state index in [-0.39, 0.29) is 36.6 Å². The van der Waals surface area contributed by atoms with Gasteiger partial charge in [-0.15, -0.1) is 0 Å². The van der Waals surface area contributed by atoms with Crippen LogP contribution in [0.5, 0.6) is 0 Å². The molecular weight excluding hydrogens is 765 g/mol. The first-order chi connectivity index (χ1) is 28.2. The fraction of sp³-hybridized carbons (Fsp3) is 0.723. The molecule has 0 saturated heterocycles. The minimum absolute atomic E-state index is 0.00111. The van der Waals surface area contributed by atoms with Gasteiger partial charge in [0.2, 0.25) is 0 Å². The molecule has 342 valence electrons. The van der Waals surface area contributed by atoms with Crippen LogP contribution in [-0.4, -0.2) is 131 Å². The summed E-state index contributed by atoms with van der Waals surface area (Å²) in [5.74, 6) is -2.74. The SMILES string of the molecule is CCC.CCC(=O)[C@H](C)[C@@H](O[C@H](O[C@H](C)CCN(C)C)[C@@H](C)O)[C@@H](C)C[C@@H](C)C(=O)[C@H](C)[C@H](C[C@@H](CC)OC(C)=O)N(CCN(C)Cc1ccc2ccccc2n1)C(=O)O. The monoisotopic (exact) mass is 845 g/mol. The maximum Gasteiger partial charge on any atom is 0.407 e. The van der Waals surface area contributed by atoms with E-state index in [0.29, 0.717) is 32.4 Å². The van der Waals surface area contributed by atoms with Gasteiger partial charge in [0.15, 0.2) is 6.29 Å².